The van der Waals surface area contributed by atoms with Crippen molar-refractivity contribution in [2.45, 2.75) is 32.9 Å². The fourth-order valence-corrected chi connectivity index (χ4v) is 1.09. The van der Waals surface area contributed by atoms with Crippen LogP contribution >= 0.6 is 0 Å². The predicted octanol–water partition coefficient (Wildman–Crippen LogP) is 2.96. The second-order valence-electron chi connectivity index (χ2n) is 3.24. The summed E-state index contributed by atoms with van der Waals surface area (Å²) in [7, 11) is 1.63. The first-order chi connectivity index (χ1) is 5.61. The van der Waals surface area contributed by atoms with Crippen molar-refractivity contribution in [1.29, 1.82) is 0 Å². The molecule has 1 nitrogen and oxygen atoms in total. The molecule has 0 spiro atoms. The largest absolute Gasteiger partial charge is 0.384 e. The van der Waals surface area contributed by atoms with Crippen LogP contribution in [0.25, 0.3) is 0 Å². The van der Waals surface area contributed by atoms with Crippen LogP contribution in [0.5, 0.6) is 0 Å². The van der Waals surface area contributed by atoms with Crippen molar-refractivity contribution in [2.75, 3.05) is 13.7 Å². The van der Waals surface area contributed by atoms with Crippen molar-refractivity contribution in [3.05, 3.63) is 12.2 Å². The first-order valence-electron chi connectivity index (χ1n) is 4.40. The normalized spacial score (nSPS) is 15.7. The smallest absolute Gasteiger partial charge is 0.101 e. The van der Waals surface area contributed by atoms with Gasteiger partial charge >= 0.3 is 0 Å². The van der Waals surface area contributed by atoms with Crippen molar-refractivity contribution in [2.24, 2.45) is 5.92 Å². The average Bonchev–Trinajstić information content (AvgIpc) is 2.03. The van der Waals surface area contributed by atoms with Crippen LogP contribution in [0.2, 0.25) is 0 Å². The van der Waals surface area contributed by atoms with Gasteiger partial charge in [0.1, 0.15) is 6.17 Å². The summed E-state index contributed by atoms with van der Waals surface area (Å²) in [6, 6.07) is 0. The van der Waals surface area contributed by atoms with Gasteiger partial charge in [0.05, 0.1) is 6.61 Å². The van der Waals surface area contributed by atoms with Gasteiger partial charge in [0.15, 0.2) is 0 Å². The number of halogens is 1. The van der Waals surface area contributed by atoms with Gasteiger partial charge in [-0.15, -0.1) is 0 Å². The van der Waals surface area contributed by atoms with Crippen LogP contribution in [-0.2, 0) is 4.74 Å². The predicted molar refractivity (Wildman–Crippen MR) is 50.0 cm³/mol. The third kappa shape index (κ3) is 4.50. The van der Waals surface area contributed by atoms with Crippen molar-refractivity contribution in [3.63, 3.8) is 0 Å². The lowest BCUT2D eigenvalue weighted by Crippen LogP contribution is -2.14. The highest BCUT2D eigenvalue weighted by molar-refractivity contribution is 4.96. The van der Waals surface area contributed by atoms with Crippen LogP contribution < -0.4 is 0 Å². The van der Waals surface area contributed by atoms with Crippen LogP contribution in [0.3, 0.4) is 0 Å². The second-order valence-corrected chi connectivity index (χ2v) is 3.24. The van der Waals surface area contributed by atoms with E-state index >= 15 is 0 Å². The van der Waals surface area contributed by atoms with Crippen molar-refractivity contribution in [1.82, 2.24) is 0 Å². The standard InChI is InChI=1S/C10H19FO/c1-5-10(11)6-9(7-12-4)8(2)3/h9-10H,2,5-7H2,1,3-4H3/t9-,10+/m0/s1. The van der Waals surface area contributed by atoms with E-state index in [-0.39, 0.29) is 5.92 Å². The lowest BCUT2D eigenvalue weighted by atomic mass is 9.95. The maximum atomic E-state index is 13.0. The van der Waals surface area contributed by atoms with Crippen LogP contribution in [0.1, 0.15) is 26.7 Å². The molecule has 0 N–H and O–H groups in total. The van der Waals surface area contributed by atoms with E-state index in [0.717, 1.165) is 5.57 Å². The highest BCUT2D eigenvalue weighted by Crippen LogP contribution is 2.18. The quantitative estimate of drug-likeness (QED) is 0.562. The fourth-order valence-electron chi connectivity index (χ4n) is 1.09. The molecule has 0 bridgehead atoms. The third-order valence-electron chi connectivity index (χ3n) is 2.05. The Labute approximate surface area is 74.6 Å². The Morgan fingerprint density at radius 1 is 1.58 bits per heavy atom. The summed E-state index contributed by atoms with van der Waals surface area (Å²) in [6.45, 7) is 8.17. The van der Waals surface area contributed by atoms with Gasteiger partial charge in [-0.25, -0.2) is 4.39 Å². The summed E-state index contributed by atoms with van der Waals surface area (Å²) >= 11 is 0. The minimum atomic E-state index is -0.721. The first-order valence-corrected chi connectivity index (χ1v) is 4.40. The molecule has 0 aliphatic heterocycles. The van der Waals surface area contributed by atoms with Gasteiger partial charge in [0.2, 0.25) is 0 Å². The number of hydrogen-bond acceptors (Lipinski definition) is 1. The van der Waals surface area contributed by atoms with Crippen molar-refractivity contribution in [3.8, 4) is 0 Å². The maximum absolute atomic E-state index is 13.0. The Balaban J connectivity index is 3.86. The van der Waals surface area contributed by atoms with Crippen LogP contribution in [-0.4, -0.2) is 19.9 Å². The summed E-state index contributed by atoms with van der Waals surface area (Å²) in [5.74, 6) is 0.171. The number of hydrogen-bond donors (Lipinski definition) is 0. The van der Waals surface area contributed by atoms with Crippen LogP contribution in [0, 0.1) is 5.92 Å². The van der Waals surface area contributed by atoms with E-state index < -0.39 is 6.17 Å². The highest BCUT2D eigenvalue weighted by atomic mass is 19.1. The van der Waals surface area contributed by atoms with Gasteiger partial charge in [-0.2, -0.15) is 0 Å². The van der Waals surface area contributed by atoms with E-state index in [1.165, 1.54) is 0 Å². The number of ether oxygens (including phenoxy) is 1. The van der Waals surface area contributed by atoms with Crippen LogP contribution in [0.4, 0.5) is 4.39 Å². The molecular weight excluding hydrogens is 155 g/mol. The molecule has 0 aromatic rings. The first kappa shape index (κ1) is 11.6. The highest BCUT2D eigenvalue weighted by Gasteiger charge is 2.14. The van der Waals surface area contributed by atoms with Gasteiger partial charge in [0.25, 0.3) is 0 Å². The zero-order chi connectivity index (χ0) is 9.56. The summed E-state index contributed by atoms with van der Waals surface area (Å²) in [4.78, 5) is 0. The summed E-state index contributed by atoms with van der Waals surface area (Å²) in [5, 5.41) is 0. The van der Waals surface area contributed by atoms with Gasteiger partial charge in [-0.1, -0.05) is 19.1 Å². The summed E-state index contributed by atoms with van der Waals surface area (Å²) < 4.78 is 18.0. The van der Waals surface area contributed by atoms with Gasteiger partial charge < -0.3 is 4.74 Å². The summed E-state index contributed by atoms with van der Waals surface area (Å²) in [5.41, 5.74) is 1.01. The van der Waals surface area contributed by atoms with Crippen LogP contribution in [0.15, 0.2) is 12.2 Å². The minimum absolute atomic E-state index is 0.171. The molecule has 0 amide bonds. The Hall–Kier alpha value is -0.370. The molecular formula is C10H19FO. The third-order valence-corrected chi connectivity index (χ3v) is 2.05. The SMILES string of the molecule is C=C(C)[C@H](COC)C[C@H](F)CC. The monoisotopic (exact) mass is 174 g/mol. The Morgan fingerprint density at radius 3 is 2.50 bits per heavy atom. The van der Waals surface area contributed by atoms with E-state index in [0.29, 0.717) is 19.4 Å². The molecule has 0 saturated carbocycles. The molecule has 0 saturated heterocycles. The molecule has 0 heterocycles. The average molecular weight is 174 g/mol. The van der Waals surface area contributed by atoms with Gasteiger partial charge in [0, 0.05) is 13.0 Å². The zero-order valence-electron chi connectivity index (χ0n) is 8.27. The van der Waals surface area contributed by atoms with Gasteiger partial charge in [-0.05, 0) is 19.8 Å². The number of alkyl halides is 1. The van der Waals surface area contributed by atoms with E-state index in [2.05, 4.69) is 6.58 Å². The fraction of sp³-hybridized carbons (Fsp3) is 0.800. The molecule has 0 aromatic carbocycles. The molecule has 0 radical (unpaired) electrons. The molecule has 0 unspecified atom stereocenters. The van der Waals surface area contributed by atoms with E-state index in [1.54, 1.807) is 7.11 Å². The topological polar surface area (TPSA) is 9.23 Å². The maximum Gasteiger partial charge on any atom is 0.101 e. The van der Waals surface area contributed by atoms with Crippen molar-refractivity contribution >= 4 is 0 Å². The molecule has 2 heteroatoms. The second kappa shape index (κ2) is 6.18. The lowest BCUT2D eigenvalue weighted by molar-refractivity contribution is 0.143. The Bertz CT molecular complexity index is 134. The van der Waals surface area contributed by atoms with E-state index in [1.807, 2.05) is 13.8 Å². The van der Waals surface area contributed by atoms with Crippen molar-refractivity contribution < 1.29 is 9.13 Å². The Morgan fingerprint density at radius 2 is 2.17 bits per heavy atom. The molecule has 0 aliphatic rings. The van der Waals surface area contributed by atoms with E-state index in [4.69, 9.17) is 4.74 Å². The van der Waals surface area contributed by atoms with E-state index in [9.17, 15) is 4.39 Å². The lowest BCUT2D eigenvalue weighted by Gasteiger charge is -2.17. The minimum Gasteiger partial charge on any atom is -0.384 e. The van der Waals surface area contributed by atoms with Gasteiger partial charge in [-0.3, -0.25) is 0 Å². The molecule has 2 atom stereocenters. The number of rotatable bonds is 6. The summed E-state index contributed by atoms with van der Waals surface area (Å²) in [6.07, 6.45) is 0.398. The molecule has 0 aliphatic carbocycles. The Kier molecular flexibility index (Phi) is 5.99. The number of methoxy groups -OCH3 is 1. The molecule has 72 valence electrons. The molecule has 0 rings (SSSR count). The molecule has 0 fully saturated rings. The molecule has 0 aromatic heterocycles. The zero-order valence-corrected chi connectivity index (χ0v) is 8.27. The molecule has 12 heavy (non-hydrogen) atoms.